The molecule has 0 spiro atoms. The number of nitrogens with zero attached hydrogens (tertiary/aromatic N) is 2. The Labute approximate surface area is 163 Å². The zero-order valence-electron chi connectivity index (χ0n) is 17.0. The third-order valence-electron chi connectivity index (χ3n) is 5.77. The van der Waals surface area contributed by atoms with Gasteiger partial charge in [0.05, 0.1) is 17.1 Å². The number of hydrogen-bond acceptors (Lipinski definition) is 3. The fraction of sp³-hybridized carbons (Fsp3) is 0.571. The summed E-state index contributed by atoms with van der Waals surface area (Å²) in [6, 6.07) is 9.64. The molecule has 0 atom stereocenters. The third-order valence-corrected chi connectivity index (χ3v) is 7.54. The van der Waals surface area contributed by atoms with Crippen LogP contribution in [0.25, 0.3) is 5.69 Å². The standard InChI is InChI=1S/C21H31N3O2S/c1-15-20(16(2)24(22-15)19-9-7-6-8-10-19)27(25,26)23-18-13-11-17(12-14-18)21(3,4)5/h6-10,17-18,23H,11-14H2,1-5H3. The largest absolute Gasteiger partial charge is 0.244 e. The lowest BCUT2D eigenvalue weighted by atomic mass is 9.71. The highest BCUT2D eigenvalue weighted by atomic mass is 32.2. The molecule has 0 radical (unpaired) electrons. The van der Waals surface area contributed by atoms with Gasteiger partial charge in [-0.25, -0.2) is 17.8 Å². The summed E-state index contributed by atoms with van der Waals surface area (Å²) in [7, 11) is -3.59. The van der Waals surface area contributed by atoms with Gasteiger partial charge in [-0.05, 0) is 63.0 Å². The predicted octanol–water partition coefficient (Wildman–Crippen LogP) is 4.37. The van der Waals surface area contributed by atoms with E-state index in [1.165, 1.54) is 0 Å². The van der Waals surface area contributed by atoms with Crippen LogP contribution in [0.1, 0.15) is 57.8 Å². The Morgan fingerprint density at radius 1 is 1.04 bits per heavy atom. The minimum absolute atomic E-state index is 0.00692. The van der Waals surface area contributed by atoms with Crippen LogP contribution in [0.2, 0.25) is 0 Å². The first-order valence-electron chi connectivity index (χ1n) is 9.73. The van der Waals surface area contributed by atoms with E-state index in [-0.39, 0.29) is 11.5 Å². The SMILES string of the molecule is Cc1nn(-c2ccccc2)c(C)c1S(=O)(=O)NC1CCC(C(C)(C)C)CC1. The van der Waals surface area contributed by atoms with Crippen molar-refractivity contribution in [1.29, 1.82) is 0 Å². The van der Waals surface area contributed by atoms with Gasteiger partial charge in [0.1, 0.15) is 4.90 Å². The van der Waals surface area contributed by atoms with Gasteiger partial charge < -0.3 is 0 Å². The van der Waals surface area contributed by atoms with E-state index in [0.717, 1.165) is 31.4 Å². The smallest absolute Gasteiger partial charge is 0.236 e. The molecule has 1 saturated carbocycles. The number of aryl methyl sites for hydroxylation is 1. The zero-order valence-corrected chi connectivity index (χ0v) is 17.8. The molecule has 1 aliphatic carbocycles. The molecule has 1 heterocycles. The number of para-hydroxylation sites is 1. The van der Waals surface area contributed by atoms with Crippen LogP contribution >= 0.6 is 0 Å². The Hall–Kier alpha value is -1.66. The molecule has 5 nitrogen and oxygen atoms in total. The van der Waals surface area contributed by atoms with Crippen LogP contribution in [0.15, 0.2) is 35.2 Å². The van der Waals surface area contributed by atoms with Gasteiger partial charge >= 0.3 is 0 Å². The van der Waals surface area contributed by atoms with Crippen molar-refractivity contribution in [2.24, 2.45) is 11.3 Å². The second-order valence-electron chi connectivity index (χ2n) is 8.78. The zero-order chi connectivity index (χ0) is 19.8. The van der Waals surface area contributed by atoms with Crippen molar-refractivity contribution in [3.8, 4) is 5.69 Å². The summed E-state index contributed by atoms with van der Waals surface area (Å²) in [5, 5.41) is 4.48. The number of aromatic nitrogens is 2. The maximum atomic E-state index is 13.1. The molecule has 0 amide bonds. The molecule has 0 saturated heterocycles. The fourth-order valence-electron chi connectivity index (χ4n) is 4.19. The summed E-state index contributed by atoms with van der Waals surface area (Å²) in [6.07, 6.45) is 3.92. The molecule has 148 valence electrons. The van der Waals surface area contributed by atoms with Crippen LogP contribution in [0, 0.1) is 25.2 Å². The number of rotatable bonds is 4. The highest BCUT2D eigenvalue weighted by Gasteiger charge is 2.33. The Balaban J connectivity index is 1.79. The Morgan fingerprint density at radius 2 is 1.63 bits per heavy atom. The molecule has 1 aliphatic rings. The number of nitrogens with one attached hydrogen (secondary N) is 1. The predicted molar refractivity (Wildman–Crippen MR) is 109 cm³/mol. The first kappa shape index (κ1) is 20.1. The van der Waals surface area contributed by atoms with Gasteiger partial charge in [-0.3, -0.25) is 0 Å². The van der Waals surface area contributed by atoms with E-state index in [4.69, 9.17) is 0 Å². The summed E-state index contributed by atoms with van der Waals surface area (Å²) in [6.45, 7) is 10.4. The first-order valence-corrected chi connectivity index (χ1v) is 11.2. The van der Waals surface area contributed by atoms with E-state index in [2.05, 4.69) is 30.6 Å². The van der Waals surface area contributed by atoms with Gasteiger partial charge in [0, 0.05) is 6.04 Å². The average Bonchev–Trinajstić information content (AvgIpc) is 2.90. The van der Waals surface area contributed by atoms with E-state index >= 15 is 0 Å². The van der Waals surface area contributed by atoms with E-state index in [1.54, 1.807) is 11.6 Å². The molecule has 0 aliphatic heterocycles. The van der Waals surface area contributed by atoms with E-state index in [1.807, 2.05) is 37.3 Å². The molecule has 6 heteroatoms. The van der Waals surface area contributed by atoms with E-state index in [9.17, 15) is 8.42 Å². The molecule has 3 rings (SSSR count). The lowest BCUT2D eigenvalue weighted by Gasteiger charge is -2.37. The molecule has 0 unspecified atom stereocenters. The van der Waals surface area contributed by atoms with Crippen molar-refractivity contribution in [2.75, 3.05) is 0 Å². The van der Waals surface area contributed by atoms with Gasteiger partial charge in [-0.1, -0.05) is 39.0 Å². The lowest BCUT2D eigenvalue weighted by Crippen LogP contribution is -2.39. The summed E-state index contributed by atoms with van der Waals surface area (Å²) < 4.78 is 30.9. The van der Waals surface area contributed by atoms with Crippen LogP contribution < -0.4 is 4.72 Å². The second kappa shape index (κ2) is 7.40. The number of benzene rings is 1. The quantitative estimate of drug-likeness (QED) is 0.844. The van der Waals surface area contributed by atoms with Crippen molar-refractivity contribution in [1.82, 2.24) is 14.5 Å². The molecule has 1 aromatic carbocycles. The average molecular weight is 390 g/mol. The highest BCUT2D eigenvalue weighted by molar-refractivity contribution is 7.89. The molecular formula is C21H31N3O2S. The third kappa shape index (κ3) is 4.27. The van der Waals surface area contributed by atoms with Crippen LogP contribution in [-0.2, 0) is 10.0 Å². The Bertz CT molecular complexity index is 887. The van der Waals surface area contributed by atoms with Gasteiger partial charge in [-0.2, -0.15) is 5.10 Å². The van der Waals surface area contributed by atoms with E-state index < -0.39 is 10.0 Å². The van der Waals surface area contributed by atoms with E-state index in [0.29, 0.717) is 22.2 Å². The molecule has 1 aromatic heterocycles. The number of sulfonamides is 1. The molecular weight excluding hydrogens is 358 g/mol. The van der Waals surface area contributed by atoms with Gasteiger partial charge in [0.2, 0.25) is 10.0 Å². The summed E-state index contributed by atoms with van der Waals surface area (Å²) in [5.41, 5.74) is 2.33. The molecule has 1 fully saturated rings. The van der Waals surface area contributed by atoms with Crippen molar-refractivity contribution >= 4 is 10.0 Å². The molecule has 2 aromatic rings. The fourth-order valence-corrected chi connectivity index (χ4v) is 5.89. The van der Waals surface area contributed by atoms with Crippen molar-refractivity contribution in [2.45, 2.75) is 71.2 Å². The van der Waals surface area contributed by atoms with Crippen molar-refractivity contribution in [3.05, 3.63) is 41.7 Å². The summed E-state index contributed by atoms with van der Waals surface area (Å²) >= 11 is 0. The minimum atomic E-state index is -3.59. The second-order valence-corrected chi connectivity index (χ2v) is 10.4. The maximum Gasteiger partial charge on any atom is 0.244 e. The van der Waals surface area contributed by atoms with Gasteiger partial charge in [-0.15, -0.1) is 0 Å². The van der Waals surface area contributed by atoms with Crippen molar-refractivity contribution < 1.29 is 8.42 Å². The summed E-state index contributed by atoms with van der Waals surface area (Å²) in [4.78, 5) is 0.310. The van der Waals surface area contributed by atoms with Gasteiger partial charge in [0.15, 0.2) is 0 Å². The van der Waals surface area contributed by atoms with Crippen LogP contribution in [0.5, 0.6) is 0 Å². The minimum Gasteiger partial charge on any atom is -0.236 e. The topological polar surface area (TPSA) is 64.0 Å². The normalized spacial score (nSPS) is 21.4. The maximum absolute atomic E-state index is 13.1. The number of hydrogen-bond donors (Lipinski definition) is 1. The van der Waals surface area contributed by atoms with Crippen LogP contribution in [0.4, 0.5) is 0 Å². The Kier molecular flexibility index (Phi) is 5.50. The highest BCUT2D eigenvalue weighted by Crippen LogP contribution is 2.38. The molecule has 0 bridgehead atoms. The Morgan fingerprint density at radius 3 is 2.19 bits per heavy atom. The monoisotopic (exact) mass is 389 g/mol. The van der Waals surface area contributed by atoms with Crippen molar-refractivity contribution in [3.63, 3.8) is 0 Å². The van der Waals surface area contributed by atoms with Crippen LogP contribution in [0.3, 0.4) is 0 Å². The lowest BCUT2D eigenvalue weighted by molar-refractivity contribution is 0.166. The van der Waals surface area contributed by atoms with Gasteiger partial charge in [0.25, 0.3) is 0 Å². The summed E-state index contributed by atoms with van der Waals surface area (Å²) in [5.74, 6) is 0.655. The molecule has 27 heavy (non-hydrogen) atoms. The molecule has 1 N–H and O–H groups in total. The van der Waals surface area contributed by atoms with Crippen LogP contribution in [-0.4, -0.2) is 24.2 Å². The first-order chi connectivity index (χ1) is 12.6.